The van der Waals surface area contributed by atoms with Gasteiger partial charge in [0.15, 0.2) is 0 Å². The maximum absolute atomic E-state index is 11.0. The van der Waals surface area contributed by atoms with Crippen molar-refractivity contribution in [1.82, 2.24) is 0 Å². The molecule has 3 unspecified atom stereocenters. The van der Waals surface area contributed by atoms with Gasteiger partial charge in [0.1, 0.15) is 5.75 Å². The Morgan fingerprint density at radius 1 is 1.48 bits per heavy atom. The maximum Gasteiger partial charge on any atom is 0.269 e. The zero-order valence-electron chi connectivity index (χ0n) is 12.4. The zero-order valence-corrected chi connectivity index (χ0v) is 12.4. The summed E-state index contributed by atoms with van der Waals surface area (Å²) in [7, 11) is 1.61. The molecule has 0 aliphatic heterocycles. The predicted octanol–water partition coefficient (Wildman–Crippen LogP) is 2.91. The SMILES string of the molecule is COc1ccc([N+](=O)[O-])cc1CC1(CN)CC2CCC1C2. The summed E-state index contributed by atoms with van der Waals surface area (Å²) in [4.78, 5) is 10.7. The molecule has 3 rings (SSSR count). The Morgan fingerprint density at radius 2 is 2.29 bits per heavy atom. The molecule has 0 heterocycles. The van der Waals surface area contributed by atoms with Crippen molar-refractivity contribution in [2.24, 2.45) is 23.0 Å². The van der Waals surface area contributed by atoms with Gasteiger partial charge in [-0.2, -0.15) is 0 Å². The van der Waals surface area contributed by atoms with Gasteiger partial charge in [-0.15, -0.1) is 0 Å². The average molecular weight is 290 g/mol. The minimum Gasteiger partial charge on any atom is -0.496 e. The quantitative estimate of drug-likeness (QED) is 0.668. The molecule has 2 fully saturated rings. The number of benzene rings is 1. The van der Waals surface area contributed by atoms with Crippen LogP contribution in [-0.2, 0) is 6.42 Å². The second-order valence-electron chi connectivity index (χ2n) is 6.58. The number of hydrogen-bond acceptors (Lipinski definition) is 4. The summed E-state index contributed by atoms with van der Waals surface area (Å²) in [6.07, 6.45) is 5.78. The lowest BCUT2D eigenvalue weighted by Crippen LogP contribution is -2.38. The van der Waals surface area contributed by atoms with Gasteiger partial charge in [-0.3, -0.25) is 10.1 Å². The van der Waals surface area contributed by atoms with Gasteiger partial charge in [0.25, 0.3) is 5.69 Å². The Balaban J connectivity index is 1.92. The minimum atomic E-state index is -0.348. The molecule has 2 saturated carbocycles. The third kappa shape index (κ3) is 2.39. The molecule has 0 amide bonds. The first-order chi connectivity index (χ1) is 10.1. The van der Waals surface area contributed by atoms with Crippen LogP contribution in [0.3, 0.4) is 0 Å². The molecule has 5 heteroatoms. The highest BCUT2D eigenvalue weighted by atomic mass is 16.6. The van der Waals surface area contributed by atoms with Gasteiger partial charge in [0, 0.05) is 17.7 Å². The molecular formula is C16H22N2O3. The monoisotopic (exact) mass is 290 g/mol. The van der Waals surface area contributed by atoms with Crippen molar-refractivity contribution in [3.05, 3.63) is 33.9 Å². The van der Waals surface area contributed by atoms with Crippen molar-refractivity contribution in [1.29, 1.82) is 0 Å². The molecule has 0 spiro atoms. The van der Waals surface area contributed by atoms with Crippen LogP contribution in [0.15, 0.2) is 18.2 Å². The molecule has 2 N–H and O–H groups in total. The number of rotatable bonds is 5. The van der Waals surface area contributed by atoms with Crippen LogP contribution in [-0.4, -0.2) is 18.6 Å². The van der Waals surface area contributed by atoms with Crippen molar-refractivity contribution in [3.63, 3.8) is 0 Å². The van der Waals surface area contributed by atoms with Crippen LogP contribution < -0.4 is 10.5 Å². The van der Waals surface area contributed by atoms with Crippen molar-refractivity contribution in [2.45, 2.75) is 32.1 Å². The first-order valence-corrected chi connectivity index (χ1v) is 7.59. The van der Waals surface area contributed by atoms with E-state index < -0.39 is 0 Å². The summed E-state index contributed by atoms with van der Waals surface area (Å²) in [6, 6.07) is 4.85. The molecule has 5 nitrogen and oxygen atoms in total. The van der Waals surface area contributed by atoms with Crippen LogP contribution in [0.25, 0.3) is 0 Å². The molecular weight excluding hydrogens is 268 g/mol. The number of methoxy groups -OCH3 is 1. The molecule has 2 aliphatic rings. The number of nitrogens with two attached hydrogens (primary N) is 1. The molecule has 2 bridgehead atoms. The fourth-order valence-electron chi connectivity index (χ4n) is 4.49. The first-order valence-electron chi connectivity index (χ1n) is 7.59. The van der Waals surface area contributed by atoms with Gasteiger partial charge in [0.05, 0.1) is 12.0 Å². The third-order valence-electron chi connectivity index (χ3n) is 5.53. The molecule has 0 saturated heterocycles. The minimum absolute atomic E-state index is 0.103. The molecule has 114 valence electrons. The van der Waals surface area contributed by atoms with Gasteiger partial charge < -0.3 is 10.5 Å². The number of non-ortho nitro benzene ring substituents is 1. The van der Waals surface area contributed by atoms with Crippen molar-refractivity contribution < 1.29 is 9.66 Å². The van der Waals surface area contributed by atoms with Crippen LogP contribution in [0.2, 0.25) is 0 Å². The van der Waals surface area contributed by atoms with E-state index in [1.165, 1.54) is 25.3 Å². The lowest BCUT2D eigenvalue weighted by Gasteiger charge is -2.37. The highest BCUT2D eigenvalue weighted by Crippen LogP contribution is 2.57. The Morgan fingerprint density at radius 3 is 2.81 bits per heavy atom. The fourth-order valence-corrected chi connectivity index (χ4v) is 4.49. The van der Waals surface area contributed by atoms with E-state index in [1.54, 1.807) is 19.2 Å². The number of fused-ring (bicyclic) bond motifs is 2. The second kappa shape index (κ2) is 5.30. The van der Waals surface area contributed by atoms with Crippen LogP contribution in [0.4, 0.5) is 5.69 Å². The van der Waals surface area contributed by atoms with Crippen LogP contribution >= 0.6 is 0 Å². The van der Waals surface area contributed by atoms with E-state index in [0.29, 0.717) is 12.5 Å². The van der Waals surface area contributed by atoms with Gasteiger partial charge in [0.2, 0.25) is 0 Å². The molecule has 3 atom stereocenters. The third-order valence-corrected chi connectivity index (χ3v) is 5.53. The second-order valence-corrected chi connectivity index (χ2v) is 6.58. The average Bonchev–Trinajstić information content (AvgIpc) is 3.08. The summed E-state index contributed by atoms with van der Waals surface area (Å²) in [5.41, 5.74) is 7.27. The Kier molecular flexibility index (Phi) is 3.61. The fraction of sp³-hybridized carbons (Fsp3) is 0.625. The molecule has 0 radical (unpaired) electrons. The lowest BCUT2D eigenvalue weighted by atomic mass is 9.69. The number of hydrogen-bond donors (Lipinski definition) is 1. The molecule has 1 aromatic carbocycles. The van der Waals surface area contributed by atoms with Gasteiger partial charge in [-0.05, 0) is 55.5 Å². The van der Waals surface area contributed by atoms with E-state index in [2.05, 4.69) is 0 Å². The highest BCUT2D eigenvalue weighted by Gasteiger charge is 2.50. The van der Waals surface area contributed by atoms with Gasteiger partial charge in [-0.25, -0.2) is 0 Å². The Hall–Kier alpha value is -1.62. The summed E-state index contributed by atoms with van der Waals surface area (Å²) >= 11 is 0. The van der Waals surface area contributed by atoms with E-state index in [1.807, 2.05) is 0 Å². The zero-order chi connectivity index (χ0) is 15.0. The van der Waals surface area contributed by atoms with E-state index in [4.69, 9.17) is 10.5 Å². The van der Waals surface area contributed by atoms with Crippen LogP contribution in [0.5, 0.6) is 5.75 Å². The summed E-state index contributed by atoms with van der Waals surface area (Å²) in [5, 5.41) is 11.0. The number of ether oxygens (including phenoxy) is 1. The normalized spacial score (nSPS) is 30.6. The smallest absolute Gasteiger partial charge is 0.269 e. The lowest BCUT2D eigenvalue weighted by molar-refractivity contribution is -0.384. The number of nitro groups is 1. The van der Waals surface area contributed by atoms with Gasteiger partial charge >= 0.3 is 0 Å². The Labute approximate surface area is 124 Å². The molecule has 2 aliphatic carbocycles. The molecule has 0 aromatic heterocycles. The first kappa shape index (κ1) is 14.3. The Bertz CT molecular complexity index is 560. The van der Waals surface area contributed by atoms with E-state index in [0.717, 1.165) is 30.1 Å². The van der Waals surface area contributed by atoms with Crippen molar-refractivity contribution in [2.75, 3.05) is 13.7 Å². The van der Waals surface area contributed by atoms with E-state index >= 15 is 0 Å². The van der Waals surface area contributed by atoms with Crippen molar-refractivity contribution >= 4 is 5.69 Å². The van der Waals surface area contributed by atoms with E-state index in [9.17, 15) is 10.1 Å². The van der Waals surface area contributed by atoms with Crippen LogP contribution in [0.1, 0.15) is 31.2 Å². The highest BCUT2D eigenvalue weighted by molar-refractivity contribution is 5.44. The van der Waals surface area contributed by atoms with Gasteiger partial charge in [-0.1, -0.05) is 6.42 Å². The standard InChI is InChI=1S/C16H22N2O3/c1-21-15-5-4-14(18(19)20)7-12(15)9-16(10-17)8-11-2-3-13(16)6-11/h4-5,7,11,13H,2-3,6,8-10,17H2,1H3. The molecule has 1 aromatic rings. The molecule has 21 heavy (non-hydrogen) atoms. The summed E-state index contributed by atoms with van der Waals surface area (Å²) < 4.78 is 5.40. The maximum atomic E-state index is 11.0. The largest absolute Gasteiger partial charge is 0.496 e. The topological polar surface area (TPSA) is 78.4 Å². The summed E-state index contributed by atoms with van der Waals surface area (Å²) in [5.74, 6) is 2.19. The summed E-state index contributed by atoms with van der Waals surface area (Å²) in [6.45, 7) is 0.653. The van der Waals surface area contributed by atoms with Crippen molar-refractivity contribution in [3.8, 4) is 5.75 Å². The number of nitro benzene ring substituents is 1. The predicted molar refractivity (Wildman–Crippen MR) is 80.3 cm³/mol. The van der Waals surface area contributed by atoms with E-state index in [-0.39, 0.29) is 16.0 Å². The number of nitrogens with zero attached hydrogens (tertiary/aromatic N) is 1. The van der Waals surface area contributed by atoms with Crippen LogP contribution in [0, 0.1) is 27.4 Å².